The molecular weight excluding hydrogens is 430 g/mol. The van der Waals surface area contributed by atoms with Crippen molar-refractivity contribution < 1.29 is 34.0 Å². The van der Waals surface area contributed by atoms with Crippen LogP contribution in [0, 0.1) is 0 Å². The van der Waals surface area contributed by atoms with E-state index in [1.165, 1.54) is 4.90 Å². The number of amides is 1. The van der Waals surface area contributed by atoms with Crippen molar-refractivity contribution in [2.45, 2.75) is 71.0 Å². The van der Waals surface area contributed by atoms with Crippen molar-refractivity contribution in [3.63, 3.8) is 0 Å². The number of likely N-dealkylation sites (tertiary alicyclic amines) is 1. The van der Waals surface area contributed by atoms with Gasteiger partial charge >= 0.3 is 12.1 Å². The van der Waals surface area contributed by atoms with Crippen LogP contribution >= 0.6 is 0 Å². The third-order valence-corrected chi connectivity index (χ3v) is 4.69. The van der Waals surface area contributed by atoms with Gasteiger partial charge in [-0.25, -0.2) is 9.59 Å². The number of nitrogens with zero attached hydrogens (tertiary/aromatic N) is 3. The first-order valence-electron chi connectivity index (χ1n) is 10.8. The van der Waals surface area contributed by atoms with E-state index in [0.717, 1.165) is 5.39 Å². The Balaban J connectivity index is 1.56. The number of hydrogen-bond donors (Lipinski definition) is 2. The third-order valence-electron chi connectivity index (χ3n) is 4.69. The molecule has 0 unspecified atom stereocenters. The number of aliphatic hydroxyl groups excluding tert-OH is 1. The molecule has 2 N–H and O–H groups in total. The third kappa shape index (κ3) is 6.82. The largest absolute Gasteiger partial charge is 0.490 e. The second kappa shape index (κ2) is 8.83. The van der Waals surface area contributed by atoms with E-state index in [-0.39, 0.29) is 26.2 Å². The number of aromatic nitrogens is 2. The number of benzene rings is 1. The molecule has 1 aliphatic heterocycles. The number of esters is 1. The molecule has 0 saturated carbocycles. The normalized spacial score (nSPS) is 16.8. The molecule has 1 fully saturated rings. The summed E-state index contributed by atoms with van der Waals surface area (Å²) in [5.74, 6) is -0.284. The fraction of sp³-hybridized carbons (Fsp3) is 0.609. The van der Waals surface area contributed by atoms with E-state index in [1.54, 1.807) is 70.6 Å². The predicted octanol–water partition coefficient (Wildman–Crippen LogP) is 2.10. The van der Waals surface area contributed by atoms with Gasteiger partial charge in [0.2, 0.25) is 0 Å². The van der Waals surface area contributed by atoms with Gasteiger partial charge in [-0.3, -0.25) is 4.68 Å². The van der Waals surface area contributed by atoms with Gasteiger partial charge in [-0.1, -0.05) is 0 Å². The SMILES string of the molecule is CC(C)(C)OC(=O)[C@@H](O)COc1ccc2nn(CC3(O)CN(C(=O)OC(C)(C)C)C3)cc2c1. The van der Waals surface area contributed by atoms with E-state index < -0.39 is 35.0 Å². The number of fused-ring (bicyclic) bond motifs is 1. The van der Waals surface area contributed by atoms with Crippen LogP contribution in [0.2, 0.25) is 0 Å². The molecule has 0 radical (unpaired) electrons. The highest BCUT2D eigenvalue weighted by Crippen LogP contribution is 2.27. The quantitative estimate of drug-likeness (QED) is 0.625. The molecule has 0 aliphatic carbocycles. The molecule has 33 heavy (non-hydrogen) atoms. The minimum Gasteiger partial charge on any atom is -0.490 e. The molecule has 1 aliphatic rings. The van der Waals surface area contributed by atoms with Crippen molar-refractivity contribution in [3.8, 4) is 5.75 Å². The molecule has 2 heterocycles. The zero-order valence-electron chi connectivity index (χ0n) is 20.0. The average Bonchev–Trinajstić information content (AvgIpc) is 3.02. The highest BCUT2D eigenvalue weighted by atomic mass is 16.6. The van der Waals surface area contributed by atoms with E-state index in [2.05, 4.69) is 5.10 Å². The molecule has 3 rings (SSSR count). The van der Waals surface area contributed by atoms with Crippen molar-refractivity contribution in [1.82, 2.24) is 14.7 Å². The number of rotatable bonds is 6. The number of aliphatic hydroxyl groups is 2. The maximum atomic E-state index is 12.1. The molecule has 1 aromatic carbocycles. The van der Waals surface area contributed by atoms with E-state index in [0.29, 0.717) is 11.3 Å². The average molecular weight is 464 g/mol. The number of carbonyl (C=O) groups excluding carboxylic acids is 2. The van der Waals surface area contributed by atoms with Crippen LogP contribution in [0.25, 0.3) is 10.9 Å². The Kier molecular flexibility index (Phi) is 6.63. The molecule has 1 atom stereocenters. The predicted molar refractivity (Wildman–Crippen MR) is 120 cm³/mol. The van der Waals surface area contributed by atoms with Crippen LogP contribution < -0.4 is 4.74 Å². The summed E-state index contributed by atoms with van der Waals surface area (Å²) in [6.07, 6.45) is -0.0859. The fourth-order valence-corrected chi connectivity index (χ4v) is 3.36. The first-order chi connectivity index (χ1) is 15.1. The summed E-state index contributed by atoms with van der Waals surface area (Å²) in [4.78, 5) is 25.4. The van der Waals surface area contributed by atoms with Gasteiger partial charge in [0, 0.05) is 11.6 Å². The molecule has 1 amide bonds. The molecule has 0 spiro atoms. The van der Waals surface area contributed by atoms with Gasteiger partial charge in [0.15, 0.2) is 6.10 Å². The summed E-state index contributed by atoms with van der Waals surface area (Å²) in [5.41, 5.74) is -1.68. The van der Waals surface area contributed by atoms with Crippen molar-refractivity contribution in [3.05, 3.63) is 24.4 Å². The van der Waals surface area contributed by atoms with Crippen LogP contribution in [-0.4, -0.2) is 79.6 Å². The zero-order chi connectivity index (χ0) is 24.6. The molecule has 0 bridgehead atoms. The number of β-amino-alcohol motifs (C(OH)–C–C–N with tert-alkyl or cyclic N) is 1. The summed E-state index contributed by atoms with van der Waals surface area (Å²) < 4.78 is 17.6. The van der Waals surface area contributed by atoms with Gasteiger partial charge in [0.1, 0.15) is 29.2 Å². The second-order valence-corrected chi connectivity index (χ2v) is 10.5. The molecule has 182 valence electrons. The number of hydrogen-bond acceptors (Lipinski definition) is 8. The lowest BCUT2D eigenvalue weighted by atomic mass is 9.95. The van der Waals surface area contributed by atoms with Crippen LogP contribution in [0.1, 0.15) is 41.5 Å². The van der Waals surface area contributed by atoms with Crippen LogP contribution in [0.5, 0.6) is 5.75 Å². The van der Waals surface area contributed by atoms with Crippen LogP contribution in [-0.2, 0) is 20.8 Å². The Bertz CT molecular complexity index is 1010. The first-order valence-corrected chi connectivity index (χ1v) is 10.8. The lowest BCUT2D eigenvalue weighted by molar-refractivity contribution is -0.166. The van der Waals surface area contributed by atoms with Gasteiger partial charge in [-0.15, -0.1) is 0 Å². The summed E-state index contributed by atoms with van der Waals surface area (Å²) >= 11 is 0. The van der Waals surface area contributed by atoms with Gasteiger partial charge < -0.3 is 29.3 Å². The highest BCUT2D eigenvalue weighted by molar-refractivity contribution is 5.79. The minimum atomic E-state index is -1.40. The van der Waals surface area contributed by atoms with Crippen LogP contribution in [0.3, 0.4) is 0 Å². The first kappa shape index (κ1) is 24.8. The maximum Gasteiger partial charge on any atom is 0.410 e. The van der Waals surface area contributed by atoms with E-state index in [4.69, 9.17) is 14.2 Å². The zero-order valence-corrected chi connectivity index (χ0v) is 20.0. The molecule has 10 nitrogen and oxygen atoms in total. The highest BCUT2D eigenvalue weighted by Gasteiger charge is 2.45. The van der Waals surface area contributed by atoms with Gasteiger partial charge in [-0.05, 0) is 59.7 Å². The molecular formula is C23H33N3O7. The van der Waals surface area contributed by atoms with Crippen LogP contribution in [0.4, 0.5) is 4.79 Å². The van der Waals surface area contributed by atoms with Gasteiger partial charge in [-0.2, -0.15) is 5.10 Å². The van der Waals surface area contributed by atoms with E-state index >= 15 is 0 Å². The summed E-state index contributed by atoms with van der Waals surface area (Å²) in [7, 11) is 0. The Morgan fingerprint density at radius 3 is 2.36 bits per heavy atom. The minimum absolute atomic E-state index is 0.162. The van der Waals surface area contributed by atoms with Gasteiger partial charge in [0.25, 0.3) is 0 Å². The van der Waals surface area contributed by atoms with Crippen molar-refractivity contribution in [2.75, 3.05) is 19.7 Å². The number of carbonyl (C=O) groups is 2. The van der Waals surface area contributed by atoms with E-state index in [1.807, 2.05) is 0 Å². The Hall–Kier alpha value is -2.85. The van der Waals surface area contributed by atoms with Crippen molar-refractivity contribution >= 4 is 23.0 Å². The Morgan fingerprint density at radius 2 is 1.76 bits per heavy atom. The van der Waals surface area contributed by atoms with Crippen LogP contribution in [0.15, 0.2) is 24.4 Å². The summed E-state index contributed by atoms with van der Waals surface area (Å²) in [5, 5.41) is 25.9. The lowest BCUT2D eigenvalue weighted by Crippen LogP contribution is -2.65. The van der Waals surface area contributed by atoms with Crippen molar-refractivity contribution in [1.29, 1.82) is 0 Å². The van der Waals surface area contributed by atoms with Gasteiger partial charge in [0.05, 0.1) is 25.2 Å². The molecule has 2 aromatic rings. The summed E-state index contributed by atoms with van der Waals surface area (Å²) in [6.45, 7) is 10.8. The summed E-state index contributed by atoms with van der Waals surface area (Å²) in [6, 6.07) is 5.17. The Morgan fingerprint density at radius 1 is 1.12 bits per heavy atom. The standard InChI is InChI=1S/C23H33N3O7/c1-21(2,3)32-19(28)18(27)11-31-16-7-8-17-15(9-16)10-26(24-17)14-23(30)12-25(13-23)20(29)33-22(4,5)6/h7-10,18,27,30H,11-14H2,1-6H3/t18-/m0/s1. The lowest BCUT2D eigenvalue weighted by Gasteiger charge is -2.46. The van der Waals surface area contributed by atoms with Crippen molar-refractivity contribution in [2.24, 2.45) is 0 Å². The Labute approximate surface area is 193 Å². The second-order valence-electron chi connectivity index (χ2n) is 10.5. The smallest absolute Gasteiger partial charge is 0.410 e. The molecule has 10 heteroatoms. The maximum absolute atomic E-state index is 12.1. The molecule has 1 aromatic heterocycles. The number of ether oxygens (including phenoxy) is 3. The monoisotopic (exact) mass is 463 g/mol. The van der Waals surface area contributed by atoms with E-state index in [9.17, 15) is 19.8 Å². The fourth-order valence-electron chi connectivity index (χ4n) is 3.36. The molecule has 1 saturated heterocycles. The topological polar surface area (TPSA) is 123 Å².